The molecule has 2 heterocycles. The summed E-state index contributed by atoms with van der Waals surface area (Å²) in [5, 5.41) is 6.50. The molecule has 0 bridgehead atoms. The molecule has 2 aromatic rings. The molecule has 3 rings (SSSR count). The van der Waals surface area contributed by atoms with Crippen molar-refractivity contribution in [2.45, 2.75) is 26.0 Å². The number of rotatable bonds is 4. The van der Waals surface area contributed by atoms with Crippen molar-refractivity contribution in [1.82, 2.24) is 20.4 Å². The van der Waals surface area contributed by atoms with Gasteiger partial charge in [0.25, 0.3) is 0 Å². The SMILES string of the molecule is Cc1noc(CNC(=O)N2CCO[C@@H](Cc3ccccc3)C2)n1. The number of amides is 2. The van der Waals surface area contributed by atoms with Crippen molar-refractivity contribution >= 4 is 6.03 Å². The fourth-order valence-corrected chi connectivity index (χ4v) is 2.58. The molecule has 1 aliphatic rings. The molecule has 1 fully saturated rings. The Morgan fingerprint density at radius 1 is 1.39 bits per heavy atom. The van der Waals surface area contributed by atoms with Crippen LogP contribution in [-0.4, -0.2) is 46.9 Å². The number of morpholine rings is 1. The predicted octanol–water partition coefficient (Wildman–Crippen LogP) is 1.53. The summed E-state index contributed by atoms with van der Waals surface area (Å²) in [5.74, 6) is 0.966. The molecule has 0 unspecified atom stereocenters. The molecule has 122 valence electrons. The van der Waals surface area contributed by atoms with Crippen LogP contribution in [0.1, 0.15) is 17.3 Å². The number of nitrogens with zero attached hydrogens (tertiary/aromatic N) is 3. The van der Waals surface area contributed by atoms with E-state index in [1.165, 1.54) is 5.56 Å². The fourth-order valence-electron chi connectivity index (χ4n) is 2.58. The Labute approximate surface area is 134 Å². The number of urea groups is 1. The van der Waals surface area contributed by atoms with Gasteiger partial charge < -0.3 is 19.5 Å². The Bertz CT molecular complexity index is 644. The van der Waals surface area contributed by atoms with E-state index >= 15 is 0 Å². The second-order valence-electron chi connectivity index (χ2n) is 5.52. The van der Waals surface area contributed by atoms with E-state index in [0.29, 0.717) is 31.4 Å². The smallest absolute Gasteiger partial charge is 0.318 e. The zero-order valence-electron chi connectivity index (χ0n) is 13.1. The summed E-state index contributed by atoms with van der Waals surface area (Å²) in [6, 6.07) is 10.0. The van der Waals surface area contributed by atoms with Crippen molar-refractivity contribution in [3.8, 4) is 0 Å². The topological polar surface area (TPSA) is 80.5 Å². The van der Waals surface area contributed by atoms with Gasteiger partial charge >= 0.3 is 6.03 Å². The van der Waals surface area contributed by atoms with Gasteiger partial charge in [-0.1, -0.05) is 35.5 Å². The number of aryl methyl sites for hydroxylation is 1. The average molecular weight is 316 g/mol. The lowest BCUT2D eigenvalue weighted by molar-refractivity contribution is -0.0133. The molecule has 1 saturated heterocycles. The lowest BCUT2D eigenvalue weighted by Crippen LogP contribution is -2.50. The minimum absolute atomic E-state index is 0.0162. The van der Waals surface area contributed by atoms with Crippen LogP contribution >= 0.6 is 0 Å². The summed E-state index contributed by atoms with van der Waals surface area (Å²) >= 11 is 0. The molecule has 7 heteroatoms. The van der Waals surface area contributed by atoms with Crippen LogP contribution in [0.5, 0.6) is 0 Å². The lowest BCUT2D eigenvalue weighted by Gasteiger charge is -2.33. The number of hydrogen-bond acceptors (Lipinski definition) is 5. The first-order valence-electron chi connectivity index (χ1n) is 7.68. The van der Waals surface area contributed by atoms with E-state index in [4.69, 9.17) is 9.26 Å². The van der Waals surface area contributed by atoms with E-state index < -0.39 is 0 Å². The van der Waals surface area contributed by atoms with Crippen LogP contribution in [0.3, 0.4) is 0 Å². The largest absolute Gasteiger partial charge is 0.374 e. The van der Waals surface area contributed by atoms with Crippen LogP contribution in [-0.2, 0) is 17.7 Å². The summed E-state index contributed by atoms with van der Waals surface area (Å²) in [5.41, 5.74) is 1.21. The van der Waals surface area contributed by atoms with Gasteiger partial charge in [-0.05, 0) is 12.5 Å². The average Bonchev–Trinajstić information content (AvgIpc) is 2.99. The highest BCUT2D eigenvalue weighted by Gasteiger charge is 2.24. The van der Waals surface area contributed by atoms with Gasteiger partial charge in [-0.2, -0.15) is 4.98 Å². The van der Waals surface area contributed by atoms with Gasteiger partial charge in [0.05, 0.1) is 19.3 Å². The Morgan fingerprint density at radius 2 is 2.22 bits per heavy atom. The zero-order valence-corrected chi connectivity index (χ0v) is 13.1. The van der Waals surface area contributed by atoms with Crippen molar-refractivity contribution in [3.05, 3.63) is 47.6 Å². The first-order valence-corrected chi connectivity index (χ1v) is 7.68. The maximum absolute atomic E-state index is 12.2. The molecule has 0 saturated carbocycles. The Morgan fingerprint density at radius 3 is 2.96 bits per heavy atom. The Hall–Kier alpha value is -2.41. The number of hydrogen-bond donors (Lipinski definition) is 1. The molecular formula is C16H20N4O3. The third kappa shape index (κ3) is 4.29. The highest BCUT2D eigenvalue weighted by molar-refractivity contribution is 5.74. The van der Waals surface area contributed by atoms with Gasteiger partial charge in [-0.25, -0.2) is 4.79 Å². The second-order valence-corrected chi connectivity index (χ2v) is 5.52. The van der Waals surface area contributed by atoms with Gasteiger partial charge in [0, 0.05) is 19.5 Å². The van der Waals surface area contributed by atoms with E-state index in [9.17, 15) is 4.79 Å². The van der Waals surface area contributed by atoms with Crippen LogP contribution in [0, 0.1) is 6.92 Å². The number of ether oxygens (including phenoxy) is 1. The third-order valence-electron chi connectivity index (χ3n) is 3.69. The first-order chi connectivity index (χ1) is 11.2. The molecular weight excluding hydrogens is 296 g/mol. The monoisotopic (exact) mass is 316 g/mol. The number of aromatic nitrogens is 2. The van der Waals surface area contributed by atoms with Crippen LogP contribution in [0.15, 0.2) is 34.9 Å². The Balaban J connectivity index is 1.50. The first kappa shape index (κ1) is 15.5. The summed E-state index contributed by atoms with van der Waals surface area (Å²) in [6.45, 7) is 3.68. The zero-order chi connectivity index (χ0) is 16.1. The summed E-state index contributed by atoms with van der Waals surface area (Å²) in [6.07, 6.45) is 0.815. The predicted molar refractivity (Wildman–Crippen MR) is 82.7 cm³/mol. The van der Waals surface area contributed by atoms with Crippen molar-refractivity contribution in [1.29, 1.82) is 0 Å². The molecule has 0 radical (unpaired) electrons. The minimum atomic E-state index is -0.137. The van der Waals surface area contributed by atoms with E-state index in [-0.39, 0.29) is 18.7 Å². The molecule has 0 aliphatic carbocycles. The van der Waals surface area contributed by atoms with E-state index in [1.54, 1.807) is 11.8 Å². The van der Waals surface area contributed by atoms with Crippen molar-refractivity contribution in [3.63, 3.8) is 0 Å². The van der Waals surface area contributed by atoms with E-state index in [2.05, 4.69) is 27.6 Å². The molecule has 1 aliphatic heterocycles. The van der Waals surface area contributed by atoms with Crippen LogP contribution in [0.2, 0.25) is 0 Å². The number of benzene rings is 1. The quantitative estimate of drug-likeness (QED) is 0.925. The summed E-state index contributed by atoms with van der Waals surface area (Å²) in [4.78, 5) is 18.1. The molecule has 1 atom stereocenters. The van der Waals surface area contributed by atoms with Crippen LogP contribution in [0.4, 0.5) is 4.79 Å². The number of carbonyl (C=O) groups excluding carboxylic acids is 1. The van der Waals surface area contributed by atoms with Crippen molar-refractivity contribution in [2.75, 3.05) is 19.7 Å². The van der Waals surface area contributed by atoms with Gasteiger partial charge in [0.15, 0.2) is 5.82 Å². The fraction of sp³-hybridized carbons (Fsp3) is 0.438. The maximum Gasteiger partial charge on any atom is 0.318 e. The molecule has 7 nitrogen and oxygen atoms in total. The third-order valence-corrected chi connectivity index (χ3v) is 3.69. The van der Waals surface area contributed by atoms with Crippen LogP contribution < -0.4 is 5.32 Å². The minimum Gasteiger partial charge on any atom is -0.374 e. The highest BCUT2D eigenvalue weighted by Crippen LogP contribution is 2.12. The standard InChI is InChI=1S/C16H20N4O3/c1-12-18-15(23-19-12)10-17-16(21)20-7-8-22-14(11-20)9-13-5-3-2-4-6-13/h2-6,14H,7-11H2,1H3,(H,17,21)/t14-/m0/s1. The molecule has 1 aromatic heterocycles. The van der Waals surface area contributed by atoms with Gasteiger partial charge in [-0.15, -0.1) is 0 Å². The molecule has 0 spiro atoms. The number of carbonyl (C=O) groups is 1. The van der Waals surface area contributed by atoms with Crippen LogP contribution in [0.25, 0.3) is 0 Å². The maximum atomic E-state index is 12.2. The molecule has 1 aromatic carbocycles. The van der Waals surface area contributed by atoms with Gasteiger partial charge in [-0.3, -0.25) is 0 Å². The van der Waals surface area contributed by atoms with E-state index in [0.717, 1.165) is 6.42 Å². The molecule has 1 N–H and O–H groups in total. The van der Waals surface area contributed by atoms with Crippen molar-refractivity contribution in [2.24, 2.45) is 0 Å². The van der Waals surface area contributed by atoms with Gasteiger partial charge in [0.2, 0.25) is 5.89 Å². The molecule has 23 heavy (non-hydrogen) atoms. The second kappa shape index (κ2) is 7.23. The molecule has 2 amide bonds. The Kier molecular flexibility index (Phi) is 4.87. The van der Waals surface area contributed by atoms with Gasteiger partial charge in [0.1, 0.15) is 0 Å². The summed E-state index contributed by atoms with van der Waals surface area (Å²) < 4.78 is 10.7. The highest BCUT2D eigenvalue weighted by atomic mass is 16.5. The normalized spacial score (nSPS) is 18.0. The number of nitrogens with one attached hydrogen (secondary N) is 1. The van der Waals surface area contributed by atoms with E-state index in [1.807, 2.05) is 18.2 Å². The summed E-state index contributed by atoms with van der Waals surface area (Å²) in [7, 11) is 0. The lowest BCUT2D eigenvalue weighted by atomic mass is 10.1. The van der Waals surface area contributed by atoms with Crippen molar-refractivity contribution < 1.29 is 14.1 Å².